The van der Waals surface area contributed by atoms with Gasteiger partial charge in [-0.25, -0.2) is 4.79 Å². The lowest BCUT2D eigenvalue weighted by Gasteiger charge is -2.10. The molecule has 5 rings (SSSR count). The molecule has 1 N–H and O–H groups in total. The standard InChI is InChI=1S/C23H19N7O5/c1-13(31)24-15-7-9-16(10-8-15)29-18(14-5-4-6-17(11-14)30(34)35)12-28-19-20(25-22(28)29)26(2)23(33)27(3)21(19)32/h4-12H,1-3H3,(H,24,31). The molecule has 0 bridgehead atoms. The van der Waals surface area contributed by atoms with Gasteiger partial charge >= 0.3 is 5.69 Å². The van der Waals surface area contributed by atoms with E-state index in [0.29, 0.717) is 28.4 Å². The lowest BCUT2D eigenvalue weighted by Crippen LogP contribution is -2.37. The van der Waals surface area contributed by atoms with Crippen LogP contribution in [0.5, 0.6) is 0 Å². The molecule has 0 aliphatic heterocycles. The molecule has 0 aliphatic rings. The van der Waals surface area contributed by atoms with Gasteiger partial charge in [-0.15, -0.1) is 0 Å². The molecule has 5 aromatic rings. The minimum absolute atomic E-state index is 0.0861. The molecule has 12 nitrogen and oxygen atoms in total. The van der Waals surface area contributed by atoms with E-state index in [2.05, 4.69) is 10.3 Å². The zero-order valence-electron chi connectivity index (χ0n) is 18.9. The summed E-state index contributed by atoms with van der Waals surface area (Å²) < 4.78 is 5.61. The van der Waals surface area contributed by atoms with E-state index in [0.717, 1.165) is 4.57 Å². The van der Waals surface area contributed by atoms with E-state index in [-0.39, 0.29) is 22.8 Å². The first-order valence-electron chi connectivity index (χ1n) is 10.5. The topological polar surface area (TPSA) is 138 Å². The van der Waals surface area contributed by atoms with Crippen molar-refractivity contribution in [1.82, 2.24) is 23.1 Å². The van der Waals surface area contributed by atoms with Gasteiger partial charge in [-0.1, -0.05) is 12.1 Å². The molecule has 3 aromatic heterocycles. The second-order valence-corrected chi connectivity index (χ2v) is 8.05. The van der Waals surface area contributed by atoms with Gasteiger partial charge < -0.3 is 5.32 Å². The van der Waals surface area contributed by atoms with E-state index in [4.69, 9.17) is 0 Å². The second kappa shape index (κ2) is 7.80. The number of aryl methyl sites for hydroxylation is 1. The average Bonchev–Trinajstić information content (AvgIpc) is 3.38. The van der Waals surface area contributed by atoms with Crippen LogP contribution in [0.15, 0.2) is 64.3 Å². The number of carbonyl (C=O) groups excluding carboxylic acids is 1. The highest BCUT2D eigenvalue weighted by atomic mass is 16.6. The van der Waals surface area contributed by atoms with E-state index in [9.17, 15) is 24.5 Å². The van der Waals surface area contributed by atoms with Crippen LogP contribution in [0.3, 0.4) is 0 Å². The average molecular weight is 473 g/mol. The molecular formula is C23H19N7O5. The summed E-state index contributed by atoms with van der Waals surface area (Å²) in [5.41, 5.74) is 1.60. The van der Waals surface area contributed by atoms with E-state index in [1.165, 1.54) is 37.7 Å². The van der Waals surface area contributed by atoms with Gasteiger partial charge in [0.1, 0.15) is 0 Å². The van der Waals surface area contributed by atoms with Gasteiger partial charge in [0.2, 0.25) is 11.7 Å². The summed E-state index contributed by atoms with van der Waals surface area (Å²) in [6.07, 6.45) is 1.66. The fraction of sp³-hybridized carbons (Fsp3) is 0.130. The summed E-state index contributed by atoms with van der Waals surface area (Å²) in [7, 11) is 2.92. The van der Waals surface area contributed by atoms with Crippen molar-refractivity contribution in [2.24, 2.45) is 14.1 Å². The number of anilines is 1. The van der Waals surface area contributed by atoms with Crippen molar-refractivity contribution >= 4 is 34.2 Å². The Bertz CT molecular complexity index is 1790. The fourth-order valence-electron chi connectivity index (χ4n) is 4.10. The molecule has 0 saturated heterocycles. The lowest BCUT2D eigenvalue weighted by atomic mass is 10.1. The van der Waals surface area contributed by atoms with E-state index in [1.807, 2.05) is 0 Å². The van der Waals surface area contributed by atoms with E-state index in [1.54, 1.807) is 51.6 Å². The summed E-state index contributed by atoms with van der Waals surface area (Å²) in [5.74, 6) is 0.127. The number of fused-ring (bicyclic) bond motifs is 3. The van der Waals surface area contributed by atoms with Crippen LogP contribution in [-0.4, -0.2) is 33.9 Å². The Morgan fingerprint density at radius 2 is 1.77 bits per heavy atom. The number of amides is 1. The van der Waals surface area contributed by atoms with Crippen LogP contribution in [0.1, 0.15) is 6.92 Å². The van der Waals surface area contributed by atoms with Gasteiger partial charge in [-0.2, -0.15) is 4.98 Å². The molecule has 12 heteroatoms. The normalized spacial score (nSPS) is 11.3. The van der Waals surface area contributed by atoms with E-state index < -0.39 is 16.2 Å². The van der Waals surface area contributed by atoms with Gasteiger partial charge in [0.15, 0.2) is 11.2 Å². The molecule has 1 amide bonds. The molecule has 0 unspecified atom stereocenters. The van der Waals surface area contributed by atoms with Gasteiger partial charge in [0, 0.05) is 56.3 Å². The zero-order chi connectivity index (χ0) is 25.0. The maximum atomic E-state index is 13.0. The largest absolute Gasteiger partial charge is 0.332 e. The number of aromatic nitrogens is 5. The predicted molar refractivity (Wildman–Crippen MR) is 129 cm³/mol. The van der Waals surface area contributed by atoms with Crippen LogP contribution in [0, 0.1) is 10.1 Å². The number of benzene rings is 2. The van der Waals surface area contributed by atoms with Crippen LogP contribution < -0.4 is 16.6 Å². The van der Waals surface area contributed by atoms with Crippen molar-refractivity contribution in [3.63, 3.8) is 0 Å². The van der Waals surface area contributed by atoms with Gasteiger partial charge in [0.05, 0.1) is 10.6 Å². The number of hydrogen-bond donors (Lipinski definition) is 1. The van der Waals surface area contributed by atoms with Crippen LogP contribution in [0.25, 0.3) is 33.9 Å². The number of imidazole rings is 2. The van der Waals surface area contributed by atoms with Gasteiger partial charge in [0.25, 0.3) is 11.2 Å². The molecule has 176 valence electrons. The van der Waals surface area contributed by atoms with Crippen molar-refractivity contribution in [1.29, 1.82) is 0 Å². The summed E-state index contributed by atoms with van der Waals surface area (Å²) in [6.45, 7) is 1.41. The zero-order valence-corrected chi connectivity index (χ0v) is 18.9. The molecule has 0 radical (unpaired) electrons. The Morgan fingerprint density at radius 1 is 1.06 bits per heavy atom. The lowest BCUT2D eigenvalue weighted by molar-refractivity contribution is -0.384. The second-order valence-electron chi connectivity index (χ2n) is 8.05. The highest BCUT2D eigenvalue weighted by Gasteiger charge is 2.22. The molecule has 0 atom stereocenters. The molecule has 35 heavy (non-hydrogen) atoms. The monoisotopic (exact) mass is 473 g/mol. The van der Waals surface area contributed by atoms with Gasteiger partial charge in [-0.05, 0) is 24.3 Å². The Labute approximate surface area is 196 Å². The molecule has 0 fully saturated rings. The molecule has 2 aromatic carbocycles. The number of nitro groups is 1. The third kappa shape index (κ3) is 3.39. The van der Waals surface area contributed by atoms with Crippen LogP contribution in [-0.2, 0) is 18.9 Å². The predicted octanol–water partition coefficient (Wildman–Crippen LogP) is 2.21. The maximum Gasteiger partial charge on any atom is 0.332 e. The Balaban J connectivity index is 1.86. The van der Waals surface area contributed by atoms with Crippen molar-refractivity contribution in [3.8, 4) is 16.9 Å². The van der Waals surface area contributed by atoms with Crippen LogP contribution >= 0.6 is 0 Å². The molecule has 0 saturated carbocycles. The van der Waals surface area contributed by atoms with Crippen molar-refractivity contribution in [3.05, 3.63) is 85.7 Å². The minimum atomic E-state index is -0.514. The molecule has 3 heterocycles. The first kappa shape index (κ1) is 21.8. The quantitative estimate of drug-likeness (QED) is 0.314. The van der Waals surface area contributed by atoms with Crippen LogP contribution in [0.2, 0.25) is 0 Å². The Kier molecular flexibility index (Phi) is 4.86. The van der Waals surface area contributed by atoms with Crippen LogP contribution in [0.4, 0.5) is 11.4 Å². The highest BCUT2D eigenvalue weighted by molar-refractivity contribution is 5.88. The summed E-state index contributed by atoms with van der Waals surface area (Å²) in [5, 5.41) is 14.1. The summed E-state index contributed by atoms with van der Waals surface area (Å²) in [6, 6.07) is 13.1. The van der Waals surface area contributed by atoms with Crippen molar-refractivity contribution in [2.45, 2.75) is 6.92 Å². The number of nitrogens with one attached hydrogen (secondary N) is 1. The Hall–Kier alpha value is -5.00. The number of nitrogens with zero attached hydrogens (tertiary/aromatic N) is 6. The van der Waals surface area contributed by atoms with Crippen molar-refractivity contribution < 1.29 is 9.72 Å². The SMILES string of the molecule is CC(=O)Nc1ccc(-n2c(-c3cccc([N+](=O)[O-])c3)cn3c4c(=O)n(C)c(=O)n(C)c4nc23)cc1. The smallest absolute Gasteiger partial charge is 0.326 e. The first-order valence-corrected chi connectivity index (χ1v) is 10.5. The fourth-order valence-corrected chi connectivity index (χ4v) is 4.10. The summed E-state index contributed by atoms with van der Waals surface area (Å²) >= 11 is 0. The third-order valence-corrected chi connectivity index (χ3v) is 5.76. The number of rotatable bonds is 4. The van der Waals surface area contributed by atoms with Gasteiger partial charge in [-0.3, -0.25) is 37.8 Å². The summed E-state index contributed by atoms with van der Waals surface area (Å²) in [4.78, 5) is 52.4. The minimum Gasteiger partial charge on any atom is -0.326 e. The number of nitro benzene ring substituents is 1. The molecule has 0 spiro atoms. The number of carbonyl (C=O) groups is 1. The number of hydrogen-bond acceptors (Lipinski definition) is 6. The maximum absolute atomic E-state index is 13.0. The first-order chi connectivity index (χ1) is 16.7. The number of non-ortho nitro benzene ring substituents is 1. The molecule has 0 aliphatic carbocycles. The molecular weight excluding hydrogens is 454 g/mol. The van der Waals surface area contributed by atoms with Crippen molar-refractivity contribution in [2.75, 3.05) is 5.32 Å². The third-order valence-electron chi connectivity index (χ3n) is 5.76. The Morgan fingerprint density at radius 3 is 2.43 bits per heavy atom. The highest BCUT2D eigenvalue weighted by Crippen LogP contribution is 2.31. The van der Waals surface area contributed by atoms with E-state index >= 15 is 0 Å².